The summed E-state index contributed by atoms with van der Waals surface area (Å²) in [5, 5.41) is 16.1. The van der Waals surface area contributed by atoms with Crippen LogP contribution in [0.2, 0.25) is 5.02 Å². The van der Waals surface area contributed by atoms with Gasteiger partial charge in [-0.3, -0.25) is 10.3 Å². The van der Waals surface area contributed by atoms with Crippen molar-refractivity contribution in [3.63, 3.8) is 0 Å². The molecule has 30 heavy (non-hydrogen) atoms. The summed E-state index contributed by atoms with van der Waals surface area (Å²) in [7, 11) is 0. The van der Waals surface area contributed by atoms with Crippen LogP contribution in [0.5, 0.6) is 0 Å². The van der Waals surface area contributed by atoms with Crippen molar-refractivity contribution in [2.45, 2.75) is 20.0 Å². The minimum absolute atomic E-state index is 0.124. The Bertz CT molecular complexity index is 1100. The Morgan fingerprint density at radius 3 is 2.83 bits per heavy atom. The molecule has 2 N–H and O–H groups in total. The molecule has 0 saturated heterocycles. The van der Waals surface area contributed by atoms with Gasteiger partial charge in [-0.1, -0.05) is 28.9 Å². The van der Waals surface area contributed by atoms with Gasteiger partial charge in [-0.2, -0.15) is 4.98 Å². The van der Waals surface area contributed by atoms with E-state index >= 15 is 0 Å². The number of carbonyl (C=O) groups excluding carboxylic acids is 1. The number of aliphatic hydroxyl groups is 1. The molecule has 0 atom stereocenters. The lowest BCUT2D eigenvalue weighted by Crippen LogP contribution is -2.38. The summed E-state index contributed by atoms with van der Waals surface area (Å²) in [5.74, 6) is 0.955. The molecule has 4 rings (SSSR count). The van der Waals surface area contributed by atoms with E-state index in [-0.39, 0.29) is 18.5 Å². The van der Waals surface area contributed by atoms with Crippen molar-refractivity contribution in [3.05, 3.63) is 58.8 Å². The van der Waals surface area contributed by atoms with Crippen LogP contribution in [0.15, 0.2) is 41.2 Å². The maximum atomic E-state index is 12.5. The van der Waals surface area contributed by atoms with E-state index in [4.69, 9.17) is 21.2 Å². The van der Waals surface area contributed by atoms with Crippen LogP contribution in [0, 0.1) is 6.92 Å². The van der Waals surface area contributed by atoms with E-state index in [9.17, 15) is 4.79 Å². The molecular formula is C20H19ClN6O3. The van der Waals surface area contributed by atoms with Crippen LogP contribution >= 0.6 is 11.6 Å². The molecule has 0 saturated carbocycles. The van der Waals surface area contributed by atoms with Gasteiger partial charge in [-0.25, -0.2) is 9.78 Å². The Hall–Kier alpha value is -3.30. The summed E-state index contributed by atoms with van der Waals surface area (Å²) < 4.78 is 4.90. The minimum Gasteiger partial charge on any atom is -0.387 e. The third-order valence-corrected chi connectivity index (χ3v) is 4.94. The molecule has 1 aliphatic heterocycles. The first-order valence-electron chi connectivity index (χ1n) is 9.31. The summed E-state index contributed by atoms with van der Waals surface area (Å²) in [6, 6.07) is 5.18. The second-order valence-corrected chi connectivity index (χ2v) is 7.21. The number of anilines is 1. The molecule has 3 aromatic heterocycles. The van der Waals surface area contributed by atoms with Crippen molar-refractivity contribution in [2.24, 2.45) is 0 Å². The number of pyridine rings is 2. The molecule has 1 aliphatic rings. The molecule has 0 fully saturated rings. The van der Waals surface area contributed by atoms with E-state index in [1.54, 1.807) is 29.4 Å². The van der Waals surface area contributed by atoms with Crippen LogP contribution in [0.4, 0.5) is 10.6 Å². The number of urea groups is 1. The Balaban J connectivity index is 1.43. The number of carbonyl (C=O) groups is 1. The number of halogens is 1. The van der Waals surface area contributed by atoms with Gasteiger partial charge in [0.2, 0.25) is 5.82 Å². The van der Waals surface area contributed by atoms with Crippen molar-refractivity contribution in [2.75, 3.05) is 18.4 Å². The summed E-state index contributed by atoms with van der Waals surface area (Å²) in [4.78, 5) is 26.8. The first kappa shape index (κ1) is 20.0. The topological polar surface area (TPSA) is 117 Å². The van der Waals surface area contributed by atoms with Gasteiger partial charge in [-0.15, -0.1) is 0 Å². The number of aromatic nitrogens is 4. The Labute approximate surface area is 177 Å². The predicted molar refractivity (Wildman–Crippen MR) is 111 cm³/mol. The number of aliphatic hydroxyl groups excluding tert-OH is 1. The van der Waals surface area contributed by atoms with Gasteiger partial charge in [0.15, 0.2) is 0 Å². The Morgan fingerprint density at radius 2 is 2.20 bits per heavy atom. The molecule has 4 heterocycles. The molecule has 154 valence electrons. The van der Waals surface area contributed by atoms with Crippen LogP contribution in [-0.4, -0.2) is 49.2 Å². The molecule has 2 amide bonds. The van der Waals surface area contributed by atoms with Gasteiger partial charge in [0.1, 0.15) is 12.4 Å². The summed E-state index contributed by atoms with van der Waals surface area (Å²) in [6.45, 7) is 2.59. The summed E-state index contributed by atoms with van der Waals surface area (Å²) >= 11 is 6.43. The molecule has 0 unspecified atom stereocenters. The lowest BCUT2D eigenvalue weighted by atomic mass is 10.0. The molecule has 3 aromatic rings. The van der Waals surface area contributed by atoms with Crippen molar-refractivity contribution >= 4 is 29.0 Å². The van der Waals surface area contributed by atoms with Gasteiger partial charge < -0.3 is 14.5 Å². The van der Waals surface area contributed by atoms with Crippen LogP contribution in [0.3, 0.4) is 0 Å². The minimum atomic E-state index is -0.330. The van der Waals surface area contributed by atoms with Crippen LogP contribution in [-0.2, 0) is 6.61 Å². The smallest absolute Gasteiger partial charge is 0.323 e. The molecular weight excluding hydrogens is 408 g/mol. The number of nitrogens with zero attached hydrogens (tertiary/aromatic N) is 5. The average molecular weight is 427 g/mol. The largest absolute Gasteiger partial charge is 0.387 e. The van der Waals surface area contributed by atoms with Crippen molar-refractivity contribution < 1.29 is 14.4 Å². The standard InChI is InChI=1S/C20H19ClN6O3/c1-12-2-3-16(22-9-12)24-20(29)27-6-4-13(5-7-27)18-15(21)8-14(10-23-18)19-25-17(11-28)30-26-19/h2-4,8-10,28H,5-7,11H2,1H3,(H,22,24,29). The van der Waals surface area contributed by atoms with Gasteiger partial charge in [0.25, 0.3) is 5.89 Å². The monoisotopic (exact) mass is 426 g/mol. The number of nitrogens with one attached hydrogen (secondary N) is 1. The average Bonchev–Trinajstić information content (AvgIpc) is 3.25. The molecule has 10 heteroatoms. The number of hydrogen-bond acceptors (Lipinski definition) is 7. The highest BCUT2D eigenvalue weighted by Crippen LogP contribution is 2.30. The highest BCUT2D eigenvalue weighted by Gasteiger charge is 2.21. The number of aryl methyl sites for hydroxylation is 1. The van der Waals surface area contributed by atoms with Crippen molar-refractivity contribution in [1.82, 2.24) is 25.0 Å². The van der Waals surface area contributed by atoms with Gasteiger partial charge in [0.05, 0.1) is 10.7 Å². The first-order chi connectivity index (χ1) is 14.5. The molecule has 0 bridgehead atoms. The zero-order chi connectivity index (χ0) is 21.1. The van der Waals surface area contributed by atoms with Gasteiger partial charge in [-0.05, 0) is 36.6 Å². The molecule has 0 aliphatic carbocycles. The normalized spacial score (nSPS) is 13.8. The van der Waals surface area contributed by atoms with Crippen LogP contribution in [0.25, 0.3) is 17.0 Å². The van der Waals surface area contributed by atoms with Crippen molar-refractivity contribution in [1.29, 1.82) is 0 Å². The Kier molecular flexibility index (Phi) is 5.73. The number of amides is 2. The zero-order valence-electron chi connectivity index (χ0n) is 16.2. The third kappa shape index (κ3) is 4.32. The van der Waals surface area contributed by atoms with Gasteiger partial charge >= 0.3 is 6.03 Å². The molecule has 9 nitrogen and oxygen atoms in total. The SMILES string of the molecule is Cc1ccc(NC(=O)N2CC=C(c3ncc(-c4noc(CO)n4)cc3Cl)CC2)nc1. The van der Waals surface area contributed by atoms with E-state index in [2.05, 4.69) is 25.4 Å². The Morgan fingerprint density at radius 1 is 1.33 bits per heavy atom. The molecule has 0 spiro atoms. The maximum absolute atomic E-state index is 12.5. The second kappa shape index (κ2) is 8.60. The van der Waals surface area contributed by atoms with E-state index in [1.807, 2.05) is 19.1 Å². The fourth-order valence-electron chi connectivity index (χ4n) is 3.03. The third-order valence-electron chi connectivity index (χ3n) is 4.65. The fourth-order valence-corrected chi connectivity index (χ4v) is 3.32. The lowest BCUT2D eigenvalue weighted by molar-refractivity contribution is 0.217. The number of hydrogen-bond donors (Lipinski definition) is 2. The van der Waals surface area contributed by atoms with Crippen LogP contribution < -0.4 is 5.32 Å². The van der Waals surface area contributed by atoms with Gasteiger partial charge in [0, 0.05) is 31.0 Å². The van der Waals surface area contributed by atoms with E-state index in [1.165, 1.54) is 0 Å². The number of rotatable bonds is 4. The van der Waals surface area contributed by atoms with E-state index < -0.39 is 0 Å². The maximum Gasteiger partial charge on any atom is 0.323 e. The van der Waals surface area contributed by atoms with E-state index in [0.717, 1.165) is 11.1 Å². The zero-order valence-corrected chi connectivity index (χ0v) is 16.9. The molecule has 0 aromatic carbocycles. The quantitative estimate of drug-likeness (QED) is 0.657. The highest BCUT2D eigenvalue weighted by molar-refractivity contribution is 6.32. The first-order valence-corrected chi connectivity index (χ1v) is 9.68. The predicted octanol–water partition coefficient (Wildman–Crippen LogP) is 3.30. The highest BCUT2D eigenvalue weighted by atomic mass is 35.5. The van der Waals surface area contributed by atoms with Crippen LogP contribution in [0.1, 0.15) is 23.6 Å². The summed E-state index contributed by atoms with van der Waals surface area (Å²) in [5.41, 5.74) is 3.25. The van der Waals surface area contributed by atoms with Crippen molar-refractivity contribution in [3.8, 4) is 11.4 Å². The molecule has 0 radical (unpaired) electrons. The van der Waals surface area contributed by atoms with E-state index in [0.29, 0.717) is 47.4 Å². The fraction of sp³-hybridized carbons (Fsp3) is 0.250. The summed E-state index contributed by atoms with van der Waals surface area (Å²) in [6.07, 6.45) is 5.88. The lowest BCUT2D eigenvalue weighted by Gasteiger charge is -2.26. The second-order valence-electron chi connectivity index (χ2n) is 6.80.